The first-order valence-electron chi connectivity index (χ1n) is 17.6. The summed E-state index contributed by atoms with van der Waals surface area (Å²) in [6, 6.07) is 11.1. The number of anilines is 2. The number of carbonyl (C=O) groups is 5. The Morgan fingerprint density at radius 3 is 2.53 bits per heavy atom. The van der Waals surface area contributed by atoms with Gasteiger partial charge in [-0.3, -0.25) is 34.2 Å². The molecule has 3 fully saturated rings. The molecule has 1 aromatic heterocycles. The normalized spacial score (nSPS) is 19.8. The number of benzene rings is 2. The summed E-state index contributed by atoms with van der Waals surface area (Å²) in [6.45, 7) is 5.20. The van der Waals surface area contributed by atoms with Gasteiger partial charge in [0.25, 0.3) is 17.7 Å². The van der Waals surface area contributed by atoms with E-state index in [1.54, 1.807) is 36.5 Å². The van der Waals surface area contributed by atoms with Crippen LogP contribution in [0.5, 0.6) is 11.5 Å². The van der Waals surface area contributed by atoms with Crippen LogP contribution in [0.4, 0.5) is 11.5 Å². The third-order valence-electron chi connectivity index (χ3n) is 10.3. The highest BCUT2D eigenvalue weighted by molar-refractivity contribution is 6.23. The van der Waals surface area contributed by atoms with Crippen molar-refractivity contribution in [3.05, 3.63) is 71.7 Å². The van der Waals surface area contributed by atoms with Crippen molar-refractivity contribution < 1.29 is 28.7 Å². The Kier molecular flexibility index (Phi) is 9.67. The van der Waals surface area contributed by atoms with Gasteiger partial charge in [-0.2, -0.15) is 0 Å². The summed E-state index contributed by atoms with van der Waals surface area (Å²) in [6.07, 6.45) is 8.14. The summed E-state index contributed by atoms with van der Waals surface area (Å²) in [7, 11) is 2.17. The lowest BCUT2D eigenvalue weighted by molar-refractivity contribution is -0.136. The van der Waals surface area contributed by atoms with E-state index >= 15 is 0 Å². The number of fused-ring (bicyclic) bond motifs is 1. The highest BCUT2D eigenvalue weighted by Crippen LogP contribution is 2.44. The van der Waals surface area contributed by atoms with Gasteiger partial charge in [0.15, 0.2) is 11.6 Å². The average Bonchev–Trinajstić information content (AvgIpc) is 3.36. The van der Waals surface area contributed by atoms with Crippen LogP contribution in [0.2, 0.25) is 0 Å². The second kappa shape index (κ2) is 14.5. The van der Waals surface area contributed by atoms with E-state index in [9.17, 15) is 24.0 Å². The van der Waals surface area contributed by atoms with E-state index in [1.807, 2.05) is 12.1 Å². The van der Waals surface area contributed by atoms with Gasteiger partial charge >= 0.3 is 0 Å². The van der Waals surface area contributed by atoms with E-state index in [-0.39, 0.29) is 29.9 Å². The lowest BCUT2D eigenvalue weighted by Crippen LogP contribution is -2.60. The van der Waals surface area contributed by atoms with Crippen LogP contribution >= 0.6 is 0 Å². The third kappa shape index (κ3) is 7.13. The van der Waals surface area contributed by atoms with Crippen molar-refractivity contribution in [2.45, 2.75) is 51.0 Å². The Morgan fingerprint density at radius 1 is 0.961 bits per heavy atom. The molecule has 3 saturated heterocycles. The van der Waals surface area contributed by atoms with Crippen molar-refractivity contribution in [1.82, 2.24) is 30.4 Å². The van der Waals surface area contributed by atoms with Crippen LogP contribution in [0.1, 0.15) is 76.0 Å². The van der Waals surface area contributed by atoms with Crippen LogP contribution in [-0.4, -0.2) is 102 Å². The summed E-state index contributed by atoms with van der Waals surface area (Å²) in [5, 5.41) is 8.50. The number of nitrogens with one attached hydrogen (secondary N) is 3. The van der Waals surface area contributed by atoms with Crippen molar-refractivity contribution in [3.63, 3.8) is 0 Å². The summed E-state index contributed by atoms with van der Waals surface area (Å²) in [5.74, 6) is -0.616. The molecule has 0 bridgehead atoms. The molecule has 7 rings (SSSR count). The maximum absolute atomic E-state index is 13.2. The number of piperidine rings is 2. The number of para-hydroxylation sites is 1. The Balaban J connectivity index is 0.860. The molecule has 2 aromatic carbocycles. The molecule has 3 aromatic rings. The highest BCUT2D eigenvalue weighted by Gasteiger charge is 2.46. The summed E-state index contributed by atoms with van der Waals surface area (Å²) >= 11 is 0. The maximum Gasteiger partial charge on any atom is 0.262 e. The van der Waals surface area contributed by atoms with Crippen LogP contribution in [0.25, 0.3) is 0 Å². The molecule has 51 heavy (non-hydrogen) atoms. The van der Waals surface area contributed by atoms with Crippen molar-refractivity contribution in [2.24, 2.45) is 5.41 Å². The zero-order chi connectivity index (χ0) is 35.5. The minimum absolute atomic E-state index is 0.0743. The summed E-state index contributed by atoms with van der Waals surface area (Å²) in [5.41, 5.74) is 1.93. The number of likely N-dealkylation sites (tertiary alicyclic amines) is 1. The number of hydrogen-bond donors (Lipinski definition) is 3. The van der Waals surface area contributed by atoms with Gasteiger partial charge in [-0.15, -0.1) is 0 Å². The lowest BCUT2D eigenvalue weighted by Gasteiger charge is -2.54. The number of imide groups is 2. The first-order valence-corrected chi connectivity index (χ1v) is 17.6. The molecule has 0 aliphatic carbocycles. The molecule has 0 saturated carbocycles. The third-order valence-corrected chi connectivity index (χ3v) is 10.3. The lowest BCUT2D eigenvalue weighted by atomic mass is 9.72. The molecule has 266 valence electrons. The number of hydrogen-bond acceptors (Lipinski definition) is 11. The van der Waals surface area contributed by atoms with Gasteiger partial charge in [0, 0.05) is 43.7 Å². The Labute approximate surface area is 295 Å². The number of nitrogens with zero attached hydrogens (tertiary/aromatic N) is 5. The Hall–Kier alpha value is -5.37. The fourth-order valence-electron chi connectivity index (χ4n) is 7.34. The van der Waals surface area contributed by atoms with E-state index < -0.39 is 29.7 Å². The topological polar surface area (TPSA) is 166 Å². The Bertz CT molecular complexity index is 1850. The van der Waals surface area contributed by atoms with Gasteiger partial charge in [-0.05, 0) is 89.0 Å². The molecule has 3 N–H and O–H groups in total. The molecule has 1 atom stereocenters. The molecule has 5 heterocycles. The van der Waals surface area contributed by atoms with Gasteiger partial charge in [-0.1, -0.05) is 12.1 Å². The monoisotopic (exact) mass is 694 g/mol. The molecule has 0 radical (unpaired) electrons. The molecule has 4 aliphatic heterocycles. The zero-order valence-electron chi connectivity index (χ0n) is 28.7. The van der Waals surface area contributed by atoms with Crippen LogP contribution < -0.4 is 25.6 Å². The quantitative estimate of drug-likeness (QED) is 0.188. The molecule has 4 aliphatic rings. The van der Waals surface area contributed by atoms with Crippen molar-refractivity contribution in [1.29, 1.82) is 0 Å². The van der Waals surface area contributed by atoms with Gasteiger partial charge in [0.05, 0.1) is 22.9 Å². The maximum atomic E-state index is 13.2. The van der Waals surface area contributed by atoms with Crippen LogP contribution in [0.3, 0.4) is 0 Å². The van der Waals surface area contributed by atoms with Crippen molar-refractivity contribution in [2.75, 3.05) is 56.5 Å². The fraction of sp³-hybridized carbons (Fsp3) is 0.432. The first kappa shape index (κ1) is 34.1. The molecule has 14 nitrogen and oxygen atoms in total. The van der Waals surface area contributed by atoms with Gasteiger partial charge in [0.2, 0.25) is 11.8 Å². The molecular formula is C37H42N8O6. The largest absolute Gasteiger partial charge is 0.451 e. The van der Waals surface area contributed by atoms with E-state index in [4.69, 9.17) is 4.74 Å². The van der Waals surface area contributed by atoms with Gasteiger partial charge in [-0.25, -0.2) is 9.97 Å². The number of amides is 5. The number of carbonyl (C=O) groups excluding carboxylic acids is 5. The van der Waals surface area contributed by atoms with Crippen LogP contribution in [0.15, 0.2) is 55.0 Å². The van der Waals surface area contributed by atoms with Gasteiger partial charge in [0.1, 0.15) is 18.1 Å². The second-order valence-electron chi connectivity index (χ2n) is 13.9. The standard InChI is InChI=1S/C37H42N8O6/c1-43-17-13-37(14-18-43)21-44(22-37)32-30(20-38-23-41-32)51-29-8-4-3-7-26(29)33(47)40-16-6-2-5-15-39-24-9-10-25-27(19-24)36(50)45(35(25)49)28-11-12-31(46)42-34(28)48/h3-4,7-10,19-20,23,28,39H,2,5-6,11-18,21-22H2,1H3,(H,40,47)(H,42,46,48). The fourth-order valence-corrected chi connectivity index (χ4v) is 7.34. The molecular weight excluding hydrogens is 652 g/mol. The van der Waals surface area contributed by atoms with Crippen LogP contribution in [0, 0.1) is 5.41 Å². The predicted molar refractivity (Wildman–Crippen MR) is 188 cm³/mol. The average molecular weight is 695 g/mol. The second-order valence-corrected chi connectivity index (χ2v) is 13.9. The Morgan fingerprint density at radius 2 is 1.73 bits per heavy atom. The predicted octanol–water partition coefficient (Wildman–Crippen LogP) is 3.21. The highest BCUT2D eigenvalue weighted by atomic mass is 16.5. The van der Waals surface area contributed by atoms with E-state index in [1.165, 1.54) is 19.2 Å². The van der Waals surface area contributed by atoms with Gasteiger partial charge < -0.3 is 25.2 Å². The minimum Gasteiger partial charge on any atom is -0.451 e. The number of ether oxygens (including phenoxy) is 1. The van der Waals surface area contributed by atoms with Crippen molar-refractivity contribution in [3.8, 4) is 11.5 Å². The van der Waals surface area contributed by atoms with E-state index in [0.717, 1.165) is 56.2 Å². The summed E-state index contributed by atoms with van der Waals surface area (Å²) in [4.78, 5) is 77.3. The zero-order valence-corrected chi connectivity index (χ0v) is 28.7. The summed E-state index contributed by atoms with van der Waals surface area (Å²) < 4.78 is 6.28. The molecule has 5 amide bonds. The van der Waals surface area contributed by atoms with Crippen molar-refractivity contribution >= 4 is 41.0 Å². The molecule has 14 heteroatoms. The number of rotatable bonds is 12. The molecule has 1 unspecified atom stereocenters. The van der Waals surface area contributed by atoms with E-state index in [2.05, 4.69) is 42.8 Å². The first-order chi connectivity index (χ1) is 24.7. The SMILES string of the molecule is CN1CCC2(CC1)CN(c1ncncc1Oc1ccccc1C(=O)NCCCCCNc1ccc3c(c1)C(=O)N(C1CCC(=O)NC1=O)C3=O)C2. The number of aromatic nitrogens is 2. The van der Waals surface area contributed by atoms with Crippen LogP contribution in [-0.2, 0) is 9.59 Å². The number of unbranched alkanes of at least 4 members (excludes halogenated alkanes) is 2. The minimum atomic E-state index is -0.994. The smallest absolute Gasteiger partial charge is 0.262 e. The van der Waals surface area contributed by atoms with E-state index in [0.29, 0.717) is 41.3 Å². The molecule has 1 spiro atoms.